The molecule has 1 aromatic rings. The molecule has 24 heavy (non-hydrogen) atoms. The lowest BCUT2D eigenvalue weighted by molar-refractivity contribution is 0.151. The quantitative estimate of drug-likeness (QED) is 0.602. The topological polar surface area (TPSA) is 6.48 Å². The molecule has 0 N–H and O–H groups in total. The number of anilines is 1. The minimum atomic E-state index is -0.153. The molecule has 1 atom stereocenters. The third-order valence-electron chi connectivity index (χ3n) is 5.38. The number of halogens is 1. The summed E-state index contributed by atoms with van der Waals surface area (Å²) in [5.41, 5.74) is 1.15. The molecular weight excluding hydrogens is 299 g/mol. The molecule has 2 rings (SSSR count). The van der Waals surface area contributed by atoms with Gasteiger partial charge in [0.1, 0.15) is 5.82 Å². The van der Waals surface area contributed by atoms with Crippen LogP contribution in [0.5, 0.6) is 0 Å². The van der Waals surface area contributed by atoms with Crippen LogP contribution < -0.4 is 4.90 Å². The lowest BCUT2D eigenvalue weighted by Gasteiger charge is -2.42. The smallest absolute Gasteiger partial charge is 0.123 e. The van der Waals surface area contributed by atoms with Crippen molar-refractivity contribution in [3.8, 4) is 0 Å². The minimum Gasteiger partial charge on any atom is -0.369 e. The highest BCUT2D eigenvalue weighted by Crippen LogP contribution is 2.23. The summed E-state index contributed by atoms with van der Waals surface area (Å²) in [5, 5.41) is 0. The predicted octanol–water partition coefficient (Wildman–Crippen LogP) is 5.33. The molecule has 136 valence electrons. The van der Waals surface area contributed by atoms with Crippen LogP contribution in [-0.2, 0) is 0 Å². The largest absolute Gasteiger partial charge is 0.369 e. The van der Waals surface area contributed by atoms with E-state index in [1.165, 1.54) is 45.1 Å². The second kappa shape index (κ2) is 10.0. The molecule has 0 spiro atoms. The van der Waals surface area contributed by atoms with Crippen molar-refractivity contribution >= 4 is 5.69 Å². The molecule has 0 unspecified atom stereocenters. The molecule has 2 nitrogen and oxygen atoms in total. The van der Waals surface area contributed by atoms with Gasteiger partial charge in [-0.3, -0.25) is 4.90 Å². The van der Waals surface area contributed by atoms with Gasteiger partial charge in [0, 0.05) is 37.9 Å². The molecule has 1 saturated heterocycles. The molecule has 1 aliphatic heterocycles. The van der Waals surface area contributed by atoms with Crippen LogP contribution in [0.15, 0.2) is 24.3 Å². The van der Waals surface area contributed by atoms with Crippen molar-refractivity contribution in [1.82, 2.24) is 4.90 Å². The lowest BCUT2D eigenvalue weighted by atomic mass is 9.94. The van der Waals surface area contributed by atoms with Crippen LogP contribution in [0.2, 0.25) is 0 Å². The third-order valence-corrected chi connectivity index (χ3v) is 5.38. The number of piperazine rings is 1. The summed E-state index contributed by atoms with van der Waals surface area (Å²) in [7, 11) is 0. The van der Waals surface area contributed by atoms with E-state index >= 15 is 0 Å². The molecular formula is C21H35FN2. The first kappa shape index (κ1) is 19.2. The zero-order valence-corrected chi connectivity index (χ0v) is 15.8. The monoisotopic (exact) mass is 334 g/mol. The highest BCUT2D eigenvalue weighted by Gasteiger charge is 2.25. The molecule has 0 bridgehead atoms. The maximum atomic E-state index is 13.1. The second-order valence-electron chi connectivity index (χ2n) is 7.42. The van der Waals surface area contributed by atoms with Gasteiger partial charge in [-0.1, -0.05) is 39.5 Å². The van der Waals surface area contributed by atoms with Gasteiger partial charge in [-0.2, -0.15) is 0 Å². The average Bonchev–Trinajstić information content (AvgIpc) is 2.59. The summed E-state index contributed by atoms with van der Waals surface area (Å²) >= 11 is 0. The Morgan fingerprint density at radius 3 is 2.21 bits per heavy atom. The SMILES string of the molecule is CCCCC(CCCC)CN1CCN(c2ccc(F)cc2)C[C@H]1C. The van der Waals surface area contributed by atoms with Gasteiger partial charge in [-0.25, -0.2) is 4.39 Å². The number of hydrogen-bond donors (Lipinski definition) is 0. The van der Waals surface area contributed by atoms with Crippen LogP contribution in [0.25, 0.3) is 0 Å². The normalized spacial score (nSPS) is 19.2. The van der Waals surface area contributed by atoms with Gasteiger partial charge in [-0.05, 0) is 49.9 Å². The molecule has 1 aliphatic rings. The van der Waals surface area contributed by atoms with Crippen molar-refractivity contribution in [2.24, 2.45) is 5.92 Å². The van der Waals surface area contributed by atoms with Gasteiger partial charge < -0.3 is 4.90 Å². The highest BCUT2D eigenvalue weighted by atomic mass is 19.1. The van der Waals surface area contributed by atoms with Crippen LogP contribution in [0.1, 0.15) is 59.3 Å². The molecule has 1 fully saturated rings. The molecule has 0 aliphatic carbocycles. The predicted molar refractivity (Wildman–Crippen MR) is 102 cm³/mol. The van der Waals surface area contributed by atoms with E-state index in [1.807, 2.05) is 12.1 Å². The Hall–Kier alpha value is -1.09. The van der Waals surface area contributed by atoms with Crippen LogP contribution in [0, 0.1) is 11.7 Å². The summed E-state index contributed by atoms with van der Waals surface area (Å²) in [5.74, 6) is 0.699. The van der Waals surface area contributed by atoms with E-state index in [2.05, 4.69) is 30.6 Å². The van der Waals surface area contributed by atoms with Gasteiger partial charge in [0.15, 0.2) is 0 Å². The van der Waals surface area contributed by atoms with Crippen molar-refractivity contribution in [2.45, 2.75) is 65.3 Å². The number of hydrogen-bond acceptors (Lipinski definition) is 2. The van der Waals surface area contributed by atoms with Crippen LogP contribution >= 0.6 is 0 Å². The molecule has 0 radical (unpaired) electrons. The Kier molecular flexibility index (Phi) is 8.04. The van der Waals surface area contributed by atoms with Crippen molar-refractivity contribution in [3.63, 3.8) is 0 Å². The number of benzene rings is 1. The van der Waals surface area contributed by atoms with E-state index in [4.69, 9.17) is 0 Å². The fourth-order valence-electron chi connectivity index (χ4n) is 3.80. The van der Waals surface area contributed by atoms with Crippen molar-refractivity contribution in [1.29, 1.82) is 0 Å². The van der Waals surface area contributed by atoms with Crippen molar-refractivity contribution in [3.05, 3.63) is 30.1 Å². The fourth-order valence-corrected chi connectivity index (χ4v) is 3.80. The van der Waals surface area contributed by atoms with E-state index in [1.54, 1.807) is 12.1 Å². The van der Waals surface area contributed by atoms with Gasteiger partial charge >= 0.3 is 0 Å². The maximum Gasteiger partial charge on any atom is 0.123 e. The summed E-state index contributed by atoms with van der Waals surface area (Å²) in [4.78, 5) is 5.07. The van der Waals surface area contributed by atoms with Gasteiger partial charge in [0.25, 0.3) is 0 Å². The first-order valence-corrected chi connectivity index (χ1v) is 9.88. The Morgan fingerprint density at radius 1 is 1.04 bits per heavy atom. The summed E-state index contributed by atoms with van der Waals surface area (Å²) in [6, 6.07) is 7.51. The molecule has 0 saturated carbocycles. The standard InChI is InChI=1S/C21H35FN2/c1-4-6-8-19(9-7-5-2)17-23-14-15-24(16-18(23)3)21-12-10-20(22)11-13-21/h10-13,18-19H,4-9,14-17H2,1-3H3/t18-/m1/s1. The first-order valence-electron chi connectivity index (χ1n) is 9.88. The highest BCUT2D eigenvalue weighted by molar-refractivity contribution is 5.46. The lowest BCUT2D eigenvalue weighted by Crippen LogP contribution is -2.53. The third kappa shape index (κ3) is 5.77. The van der Waals surface area contributed by atoms with Gasteiger partial charge in [-0.15, -0.1) is 0 Å². The Morgan fingerprint density at radius 2 is 1.67 bits per heavy atom. The number of nitrogens with zero attached hydrogens (tertiary/aromatic N) is 2. The maximum absolute atomic E-state index is 13.1. The van der Waals surface area contributed by atoms with E-state index in [9.17, 15) is 4.39 Å². The zero-order valence-electron chi connectivity index (χ0n) is 15.8. The zero-order chi connectivity index (χ0) is 17.4. The van der Waals surface area contributed by atoms with E-state index < -0.39 is 0 Å². The van der Waals surface area contributed by atoms with E-state index in [0.29, 0.717) is 6.04 Å². The molecule has 1 aromatic carbocycles. The van der Waals surface area contributed by atoms with Crippen LogP contribution in [0.3, 0.4) is 0 Å². The second-order valence-corrected chi connectivity index (χ2v) is 7.42. The first-order chi connectivity index (χ1) is 11.6. The Balaban J connectivity index is 1.87. The van der Waals surface area contributed by atoms with Crippen LogP contribution in [0.4, 0.5) is 10.1 Å². The molecule has 3 heteroatoms. The Bertz CT molecular complexity index is 451. The van der Waals surface area contributed by atoms with Crippen LogP contribution in [-0.4, -0.2) is 37.1 Å². The minimum absolute atomic E-state index is 0.153. The van der Waals surface area contributed by atoms with E-state index in [0.717, 1.165) is 31.2 Å². The summed E-state index contributed by atoms with van der Waals surface area (Å²) < 4.78 is 13.1. The van der Waals surface area contributed by atoms with E-state index in [-0.39, 0.29) is 5.82 Å². The number of unbranched alkanes of at least 4 members (excludes halogenated alkanes) is 2. The summed E-state index contributed by atoms with van der Waals surface area (Å²) in [6.45, 7) is 11.4. The fraction of sp³-hybridized carbons (Fsp3) is 0.714. The van der Waals surface area contributed by atoms with Gasteiger partial charge in [0.2, 0.25) is 0 Å². The Labute approximate surface area is 148 Å². The molecule has 0 amide bonds. The molecule has 1 heterocycles. The average molecular weight is 335 g/mol. The summed E-state index contributed by atoms with van der Waals surface area (Å²) in [6.07, 6.45) is 8.08. The van der Waals surface area contributed by atoms with Gasteiger partial charge in [0.05, 0.1) is 0 Å². The van der Waals surface area contributed by atoms with Crippen molar-refractivity contribution < 1.29 is 4.39 Å². The number of rotatable bonds is 9. The molecule has 0 aromatic heterocycles. The van der Waals surface area contributed by atoms with Crippen molar-refractivity contribution in [2.75, 3.05) is 31.1 Å².